The molecule has 1 atom stereocenters. The molecule has 1 heterocycles. The van der Waals surface area contributed by atoms with Gasteiger partial charge in [-0.1, -0.05) is 60.9 Å². The molecule has 178 valence electrons. The fourth-order valence-electron chi connectivity index (χ4n) is 4.49. The molecule has 2 aromatic carbocycles. The van der Waals surface area contributed by atoms with Crippen LogP contribution in [0.5, 0.6) is 5.75 Å². The zero-order chi connectivity index (χ0) is 23.9. The molecule has 3 aromatic rings. The van der Waals surface area contributed by atoms with Crippen LogP contribution in [0.4, 0.5) is 0 Å². The molecule has 1 aliphatic rings. The molecule has 1 aliphatic carbocycles. The van der Waals surface area contributed by atoms with Gasteiger partial charge in [-0.25, -0.2) is 0 Å². The summed E-state index contributed by atoms with van der Waals surface area (Å²) < 4.78 is 5.29. The first kappa shape index (κ1) is 24.0. The Morgan fingerprint density at radius 2 is 1.76 bits per heavy atom. The third-order valence-electron chi connectivity index (χ3n) is 6.39. The van der Waals surface area contributed by atoms with Crippen molar-refractivity contribution in [1.29, 1.82) is 0 Å². The molecule has 0 spiro atoms. The van der Waals surface area contributed by atoms with Gasteiger partial charge >= 0.3 is 0 Å². The molecule has 0 aliphatic heterocycles. The Hall–Kier alpha value is -3.12. The van der Waals surface area contributed by atoms with Gasteiger partial charge in [0.15, 0.2) is 0 Å². The maximum absolute atomic E-state index is 13.7. The summed E-state index contributed by atoms with van der Waals surface area (Å²) in [5, 5.41) is 5.21. The Balaban J connectivity index is 1.68. The molecule has 0 bridgehead atoms. The first-order valence-corrected chi connectivity index (χ1v) is 12.7. The van der Waals surface area contributed by atoms with E-state index in [9.17, 15) is 9.59 Å². The minimum absolute atomic E-state index is 0.0644. The second kappa shape index (κ2) is 11.3. The number of aryl methyl sites for hydroxylation is 1. The average molecular weight is 477 g/mol. The predicted octanol–water partition coefficient (Wildman–Crippen LogP) is 5.44. The Bertz CT molecular complexity index is 1070. The molecule has 5 nitrogen and oxygen atoms in total. The van der Waals surface area contributed by atoms with E-state index < -0.39 is 6.04 Å². The Morgan fingerprint density at radius 3 is 2.38 bits per heavy atom. The maximum Gasteiger partial charge on any atom is 0.247 e. The molecule has 34 heavy (non-hydrogen) atoms. The minimum atomic E-state index is -0.698. The molecule has 1 fully saturated rings. The van der Waals surface area contributed by atoms with Crippen LogP contribution in [0, 0.1) is 6.92 Å². The number of rotatable bonds is 9. The van der Waals surface area contributed by atoms with Crippen molar-refractivity contribution >= 4 is 23.2 Å². The summed E-state index contributed by atoms with van der Waals surface area (Å²) in [7, 11) is 1.63. The summed E-state index contributed by atoms with van der Waals surface area (Å²) >= 11 is 1.56. The van der Waals surface area contributed by atoms with Gasteiger partial charge in [0.05, 0.1) is 13.5 Å². The molecule has 0 unspecified atom stereocenters. The van der Waals surface area contributed by atoms with Crippen molar-refractivity contribution < 1.29 is 14.3 Å². The SMILES string of the molecule is COc1ccc(CN(C(=O)Cc2cccs2)[C@H](C(=O)NC2CCCC2)c2ccc(C)cc2)cc1. The molecule has 0 radical (unpaired) electrons. The van der Waals surface area contributed by atoms with E-state index in [4.69, 9.17) is 4.74 Å². The fourth-order valence-corrected chi connectivity index (χ4v) is 5.18. The summed E-state index contributed by atoms with van der Waals surface area (Å²) in [5.74, 6) is 0.587. The summed E-state index contributed by atoms with van der Waals surface area (Å²) in [5.41, 5.74) is 2.89. The highest BCUT2D eigenvalue weighted by molar-refractivity contribution is 7.10. The number of thiophene rings is 1. The zero-order valence-corrected chi connectivity index (χ0v) is 20.6. The smallest absolute Gasteiger partial charge is 0.247 e. The van der Waals surface area contributed by atoms with E-state index in [0.29, 0.717) is 6.54 Å². The van der Waals surface area contributed by atoms with Crippen LogP contribution in [-0.2, 0) is 22.6 Å². The second-order valence-corrected chi connectivity index (χ2v) is 9.96. The number of carbonyl (C=O) groups is 2. The third kappa shape index (κ3) is 6.06. The Labute approximate surface area is 205 Å². The van der Waals surface area contributed by atoms with E-state index in [1.807, 2.05) is 73.0 Å². The number of carbonyl (C=O) groups excluding carboxylic acids is 2. The average Bonchev–Trinajstić information content (AvgIpc) is 3.55. The molecule has 2 amide bonds. The number of nitrogens with one attached hydrogen (secondary N) is 1. The molecule has 6 heteroatoms. The molecule has 1 saturated carbocycles. The van der Waals surface area contributed by atoms with Gasteiger partial charge in [-0.05, 0) is 54.5 Å². The molecule has 4 rings (SSSR count). The van der Waals surface area contributed by atoms with Gasteiger partial charge in [-0.3, -0.25) is 9.59 Å². The highest BCUT2D eigenvalue weighted by Gasteiger charge is 2.33. The van der Waals surface area contributed by atoms with Gasteiger partial charge in [0.2, 0.25) is 11.8 Å². The molecule has 0 saturated heterocycles. The lowest BCUT2D eigenvalue weighted by molar-refractivity contribution is -0.141. The lowest BCUT2D eigenvalue weighted by atomic mass is 10.0. The van der Waals surface area contributed by atoms with Gasteiger partial charge in [0.25, 0.3) is 0 Å². The van der Waals surface area contributed by atoms with Gasteiger partial charge in [0.1, 0.15) is 11.8 Å². The largest absolute Gasteiger partial charge is 0.497 e. The summed E-state index contributed by atoms with van der Waals surface area (Å²) in [6.45, 7) is 2.36. The number of methoxy groups -OCH3 is 1. The first-order chi connectivity index (χ1) is 16.5. The fraction of sp³-hybridized carbons (Fsp3) is 0.357. The number of hydrogen-bond acceptors (Lipinski definition) is 4. The Morgan fingerprint density at radius 1 is 1.06 bits per heavy atom. The monoisotopic (exact) mass is 476 g/mol. The number of amides is 2. The summed E-state index contributed by atoms with van der Waals surface area (Å²) in [6.07, 6.45) is 4.52. The summed E-state index contributed by atoms with van der Waals surface area (Å²) in [4.78, 5) is 30.1. The maximum atomic E-state index is 13.7. The van der Waals surface area contributed by atoms with Crippen molar-refractivity contribution in [1.82, 2.24) is 10.2 Å². The first-order valence-electron chi connectivity index (χ1n) is 11.8. The van der Waals surface area contributed by atoms with Crippen LogP contribution in [0.3, 0.4) is 0 Å². The van der Waals surface area contributed by atoms with Crippen LogP contribution >= 0.6 is 11.3 Å². The van der Waals surface area contributed by atoms with Crippen molar-refractivity contribution in [3.63, 3.8) is 0 Å². The van der Waals surface area contributed by atoms with Crippen LogP contribution in [-0.4, -0.2) is 29.9 Å². The highest BCUT2D eigenvalue weighted by atomic mass is 32.1. The van der Waals surface area contributed by atoms with Crippen LogP contribution < -0.4 is 10.1 Å². The molecule has 1 N–H and O–H groups in total. The van der Waals surface area contributed by atoms with E-state index >= 15 is 0 Å². The normalized spacial score (nSPS) is 14.5. The van der Waals surface area contributed by atoms with E-state index in [2.05, 4.69) is 5.32 Å². The number of ether oxygens (including phenoxy) is 1. The van der Waals surface area contributed by atoms with Gasteiger partial charge in [0, 0.05) is 17.5 Å². The van der Waals surface area contributed by atoms with Crippen molar-refractivity contribution in [2.75, 3.05) is 7.11 Å². The zero-order valence-electron chi connectivity index (χ0n) is 19.8. The number of benzene rings is 2. The van der Waals surface area contributed by atoms with Crippen LogP contribution in [0.15, 0.2) is 66.0 Å². The van der Waals surface area contributed by atoms with Gasteiger partial charge in [-0.15, -0.1) is 11.3 Å². The number of hydrogen-bond donors (Lipinski definition) is 1. The van der Waals surface area contributed by atoms with E-state index in [-0.39, 0.29) is 24.3 Å². The van der Waals surface area contributed by atoms with Crippen molar-refractivity contribution in [3.8, 4) is 5.75 Å². The lowest BCUT2D eigenvalue weighted by Gasteiger charge is -2.32. The number of nitrogens with zero attached hydrogens (tertiary/aromatic N) is 1. The quantitative estimate of drug-likeness (QED) is 0.448. The van der Waals surface area contributed by atoms with Gasteiger partial charge < -0.3 is 15.0 Å². The summed E-state index contributed by atoms with van der Waals surface area (Å²) in [6, 6.07) is 19.0. The molecular weight excluding hydrogens is 444 g/mol. The Kier molecular flexibility index (Phi) is 8.01. The molecule has 1 aromatic heterocycles. The third-order valence-corrected chi connectivity index (χ3v) is 7.27. The van der Waals surface area contributed by atoms with Crippen molar-refractivity contribution in [2.24, 2.45) is 0 Å². The van der Waals surface area contributed by atoms with Gasteiger partial charge in [-0.2, -0.15) is 0 Å². The standard InChI is InChI=1S/C28H32N2O3S/c1-20-9-13-22(14-10-20)27(28(32)29-23-6-3-4-7-23)30(26(31)18-25-8-5-17-34-25)19-21-11-15-24(33-2)16-12-21/h5,8-17,23,27H,3-4,6-7,18-19H2,1-2H3,(H,29,32)/t27-/m0/s1. The topological polar surface area (TPSA) is 58.6 Å². The van der Waals surface area contributed by atoms with Crippen molar-refractivity contribution in [3.05, 3.63) is 87.6 Å². The molecular formula is C28H32N2O3S. The van der Waals surface area contributed by atoms with Crippen molar-refractivity contribution in [2.45, 2.75) is 57.7 Å². The highest BCUT2D eigenvalue weighted by Crippen LogP contribution is 2.28. The van der Waals surface area contributed by atoms with E-state index in [1.54, 1.807) is 23.3 Å². The minimum Gasteiger partial charge on any atom is -0.497 e. The lowest BCUT2D eigenvalue weighted by Crippen LogP contribution is -2.46. The second-order valence-electron chi connectivity index (χ2n) is 8.93. The van der Waals surface area contributed by atoms with Crippen LogP contribution in [0.25, 0.3) is 0 Å². The van der Waals surface area contributed by atoms with E-state index in [0.717, 1.165) is 53.0 Å². The predicted molar refractivity (Wildman–Crippen MR) is 136 cm³/mol. The van der Waals surface area contributed by atoms with Crippen LogP contribution in [0.2, 0.25) is 0 Å². The van der Waals surface area contributed by atoms with E-state index in [1.165, 1.54) is 0 Å². The van der Waals surface area contributed by atoms with Crippen LogP contribution in [0.1, 0.15) is 53.3 Å².